The summed E-state index contributed by atoms with van der Waals surface area (Å²) in [6, 6.07) is 2.06. The van der Waals surface area contributed by atoms with Gasteiger partial charge in [-0.1, -0.05) is 20.3 Å². The lowest BCUT2D eigenvalue weighted by molar-refractivity contribution is -0.177. The Balaban J connectivity index is 1.68. The molecule has 4 rings (SSSR count). The summed E-state index contributed by atoms with van der Waals surface area (Å²) in [7, 11) is 0. The van der Waals surface area contributed by atoms with Crippen LogP contribution in [-0.2, 0) is 11.2 Å². The molecule has 2 saturated carbocycles. The molecule has 1 N–H and O–H groups in total. The third kappa shape index (κ3) is 2.16. The monoisotopic (exact) mass is 318 g/mol. The first-order chi connectivity index (χ1) is 10.9. The number of hydrogen-bond donors (Lipinski definition) is 1. The average molecular weight is 318 g/mol. The Hall–Kier alpha value is -0.800. The summed E-state index contributed by atoms with van der Waals surface area (Å²) in [6.07, 6.45) is 11.0. The fourth-order valence-electron chi connectivity index (χ4n) is 6.47. The van der Waals surface area contributed by atoms with E-state index in [1.807, 2.05) is 6.26 Å². The van der Waals surface area contributed by atoms with Crippen molar-refractivity contribution in [2.75, 3.05) is 0 Å². The van der Waals surface area contributed by atoms with Gasteiger partial charge in [-0.2, -0.15) is 0 Å². The predicted octanol–water partition coefficient (Wildman–Crippen LogP) is 4.54. The zero-order chi connectivity index (χ0) is 16.3. The van der Waals surface area contributed by atoms with Gasteiger partial charge in [-0.05, 0) is 74.3 Å². The van der Waals surface area contributed by atoms with Crippen molar-refractivity contribution in [3.05, 3.63) is 24.2 Å². The predicted molar refractivity (Wildman–Crippen MR) is 88.8 cm³/mol. The van der Waals surface area contributed by atoms with E-state index in [4.69, 9.17) is 9.15 Å². The molecule has 1 aromatic rings. The second-order valence-corrected chi connectivity index (χ2v) is 9.05. The molecule has 1 aromatic heterocycles. The third-order valence-electron chi connectivity index (χ3n) is 7.48. The Morgan fingerprint density at radius 1 is 1.22 bits per heavy atom. The van der Waals surface area contributed by atoms with Gasteiger partial charge in [-0.25, -0.2) is 0 Å². The van der Waals surface area contributed by atoms with E-state index in [-0.39, 0.29) is 11.0 Å². The molecule has 128 valence electrons. The molecule has 3 aliphatic rings. The fraction of sp³-hybridized carbons (Fsp3) is 0.800. The van der Waals surface area contributed by atoms with Crippen LogP contribution >= 0.6 is 0 Å². The molecule has 1 aliphatic heterocycles. The first kappa shape index (κ1) is 15.7. The van der Waals surface area contributed by atoms with Gasteiger partial charge in [-0.15, -0.1) is 0 Å². The Labute approximate surface area is 139 Å². The number of furan rings is 1. The molecule has 1 spiro atoms. The standard InChI is InChI=1S/C20H30O3/c1-18(2)9-4-10-20-15(18)7-11-19(3,23-17(20)21)16(20)6-5-14-8-12-22-13-14/h8,12-13,15-17,21H,4-7,9-11H2,1-3H3. The number of aliphatic hydroxyl groups is 1. The highest BCUT2D eigenvalue weighted by Crippen LogP contribution is 2.69. The van der Waals surface area contributed by atoms with Crippen LogP contribution in [0.15, 0.2) is 23.0 Å². The lowest BCUT2D eigenvalue weighted by Gasteiger charge is -2.57. The summed E-state index contributed by atoms with van der Waals surface area (Å²) < 4.78 is 11.5. The number of aliphatic hydroxyl groups excluding tert-OH is 1. The average Bonchev–Trinajstić information content (AvgIpc) is 3.01. The normalized spacial score (nSPS) is 45.0. The summed E-state index contributed by atoms with van der Waals surface area (Å²) >= 11 is 0. The minimum Gasteiger partial charge on any atom is -0.472 e. The van der Waals surface area contributed by atoms with Gasteiger partial charge in [0, 0.05) is 5.41 Å². The highest BCUT2D eigenvalue weighted by Gasteiger charge is 2.69. The van der Waals surface area contributed by atoms with Crippen LogP contribution < -0.4 is 0 Å². The van der Waals surface area contributed by atoms with E-state index in [0.717, 1.165) is 25.7 Å². The van der Waals surface area contributed by atoms with E-state index in [0.29, 0.717) is 17.3 Å². The van der Waals surface area contributed by atoms with Crippen molar-refractivity contribution in [3.8, 4) is 0 Å². The van der Waals surface area contributed by atoms with Crippen LogP contribution in [0.3, 0.4) is 0 Å². The molecule has 2 aliphatic carbocycles. The van der Waals surface area contributed by atoms with Crippen LogP contribution in [0.2, 0.25) is 0 Å². The summed E-state index contributed by atoms with van der Waals surface area (Å²) in [5, 5.41) is 11.0. The van der Waals surface area contributed by atoms with Crippen LogP contribution in [0.1, 0.15) is 64.9 Å². The molecule has 3 heteroatoms. The first-order valence-electron chi connectivity index (χ1n) is 9.25. The van der Waals surface area contributed by atoms with Crippen molar-refractivity contribution in [3.63, 3.8) is 0 Å². The minimum absolute atomic E-state index is 0.0432. The maximum atomic E-state index is 11.0. The van der Waals surface area contributed by atoms with Gasteiger partial charge in [-0.3, -0.25) is 0 Å². The SMILES string of the molecule is CC1(C)CCCC23C(O)OC(C)(CCC12)C3CCc1ccoc1. The molecule has 5 atom stereocenters. The molecule has 0 aromatic carbocycles. The Kier molecular flexibility index (Phi) is 3.48. The fourth-order valence-corrected chi connectivity index (χ4v) is 6.47. The zero-order valence-corrected chi connectivity index (χ0v) is 14.7. The number of rotatable bonds is 3. The van der Waals surface area contributed by atoms with Crippen LogP contribution in [-0.4, -0.2) is 17.0 Å². The lowest BCUT2D eigenvalue weighted by Crippen LogP contribution is -2.56. The smallest absolute Gasteiger partial charge is 0.161 e. The summed E-state index contributed by atoms with van der Waals surface area (Å²) in [5.41, 5.74) is 1.37. The quantitative estimate of drug-likeness (QED) is 0.889. The van der Waals surface area contributed by atoms with Gasteiger partial charge in [0.2, 0.25) is 0 Å². The van der Waals surface area contributed by atoms with Gasteiger partial charge in [0.1, 0.15) is 0 Å². The van der Waals surface area contributed by atoms with Crippen molar-refractivity contribution in [2.45, 2.75) is 77.6 Å². The minimum atomic E-state index is -0.589. The molecule has 0 radical (unpaired) electrons. The Morgan fingerprint density at radius 2 is 2.04 bits per heavy atom. The second-order valence-electron chi connectivity index (χ2n) is 9.05. The molecule has 1 saturated heterocycles. The van der Waals surface area contributed by atoms with E-state index in [1.165, 1.54) is 24.8 Å². The van der Waals surface area contributed by atoms with Crippen molar-refractivity contribution in [1.29, 1.82) is 0 Å². The molecule has 3 fully saturated rings. The van der Waals surface area contributed by atoms with E-state index in [1.54, 1.807) is 6.26 Å². The number of ether oxygens (including phenoxy) is 1. The zero-order valence-electron chi connectivity index (χ0n) is 14.7. The van der Waals surface area contributed by atoms with Gasteiger partial charge in [0.25, 0.3) is 0 Å². The molecule has 2 bridgehead atoms. The van der Waals surface area contributed by atoms with Crippen LogP contribution in [0.5, 0.6) is 0 Å². The second kappa shape index (κ2) is 5.10. The van der Waals surface area contributed by atoms with Gasteiger partial charge < -0.3 is 14.3 Å². The van der Waals surface area contributed by atoms with Crippen molar-refractivity contribution < 1.29 is 14.3 Å². The topological polar surface area (TPSA) is 42.6 Å². The van der Waals surface area contributed by atoms with Crippen molar-refractivity contribution >= 4 is 0 Å². The molecular weight excluding hydrogens is 288 g/mol. The van der Waals surface area contributed by atoms with Crippen molar-refractivity contribution in [2.24, 2.45) is 22.7 Å². The molecule has 5 unspecified atom stereocenters. The molecular formula is C20H30O3. The maximum Gasteiger partial charge on any atom is 0.161 e. The van der Waals surface area contributed by atoms with E-state index < -0.39 is 6.29 Å². The van der Waals surface area contributed by atoms with E-state index in [9.17, 15) is 5.11 Å². The number of aryl methyl sites for hydroxylation is 1. The van der Waals surface area contributed by atoms with Gasteiger partial charge in [0.05, 0.1) is 18.1 Å². The molecule has 2 heterocycles. The summed E-state index contributed by atoms with van der Waals surface area (Å²) in [6.45, 7) is 7.04. The maximum absolute atomic E-state index is 11.0. The molecule has 23 heavy (non-hydrogen) atoms. The summed E-state index contributed by atoms with van der Waals surface area (Å²) in [5.74, 6) is 1.02. The lowest BCUT2D eigenvalue weighted by atomic mass is 9.45. The van der Waals surface area contributed by atoms with E-state index >= 15 is 0 Å². The molecule has 3 nitrogen and oxygen atoms in total. The number of hydrogen-bond acceptors (Lipinski definition) is 3. The number of fused-ring (bicyclic) bond motifs is 1. The third-order valence-corrected chi connectivity index (χ3v) is 7.48. The van der Waals surface area contributed by atoms with Crippen LogP contribution in [0.4, 0.5) is 0 Å². The van der Waals surface area contributed by atoms with Gasteiger partial charge in [0.15, 0.2) is 6.29 Å². The Bertz CT molecular complexity index is 563. The first-order valence-corrected chi connectivity index (χ1v) is 9.25. The largest absolute Gasteiger partial charge is 0.472 e. The highest BCUT2D eigenvalue weighted by molar-refractivity contribution is 5.16. The van der Waals surface area contributed by atoms with E-state index in [2.05, 4.69) is 26.8 Å². The van der Waals surface area contributed by atoms with Crippen LogP contribution in [0.25, 0.3) is 0 Å². The summed E-state index contributed by atoms with van der Waals surface area (Å²) in [4.78, 5) is 0. The van der Waals surface area contributed by atoms with Gasteiger partial charge >= 0.3 is 0 Å². The molecule has 0 amide bonds. The van der Waals surface area contributed by atoms with Crippen molar-refractivity contribution in [1.82, 2.24) is 0 Å². The Morgan fingerprint density at radius 3 is 2.78 bits per heavy atom. The highest BCUT2D eigenvalue weighted by atomic mass is 16.6. The van der Waals surface area contributed by atoms with Crippen LogP contribution in [0, 0.1) is 22.7 Å².